The van der Waals surface area contributed by atoms with Gasteiger partial charge in [0.2, 0.25) is 0 Å². The molecule has 0 aromatic heterocycles. The molecule has 1 heterocycles. The van der Waals surface area contributed by atoms with Crippen molar-refractivity contribution < 1.29 is 9.90 Å². The van der Waals surface area contributed by atoms with Crippen molar-refractivity contribution in [2.45, 2.75) is 25.3 Å². The SMILES string of the molecule is CN1CCCCC1CNc1ccc(C(=O)O)c(N)c1. The first-order chi connectivity index (χ1) is 9.08. The van der Waals surface area contributed by atoms with E-state index in [9.17, 15) is 4.79 Å². The maximum atomic E-state index is 10.9. The van der Waals surface area contributed by atoms with Crippen LogP contribution in [-0.2, 0) is 0 Å². The van der Waals surface area contributed by atoms with Crippen LogP contribution < -0.4 is 11.1 Å². The normalized spacial score (nSPS) is 20.2. The lowest BCUT2D eigenvalue weighted by molar-refractivity contribution is 0.0698. The lowest BCUT2D eigenvalue weighted by atomic mass is 10.0. The summed E-state index contributed by atoms with van der Waals surface area (Å²) in [6.07, 6.45) is 3.75. The van der Waals surface area contributed by atoms with Gasteiger partial charge in [-0.1, -0.05) is 6.42 Å². The number of nitrogens with two attached hydrogens (primary N) is 1. The molecule has 5 heteroatoms. The van der Waals surface area contributed by atoms with Crippen LogP contribution in [0.15, 0.2) is 18.2 Å². The molecule has 0 saturated carbocycles. The molecule has 1 aromatic rings. The fourth-order valence-corrected chi connectivity index (χ4v) is 2.51. The lowest BCUT2D eigenvalue weighted by Gasteiger charge is -2.32. The van der Waals surface area contributed by atoms with Gasteiger partial charge in [0.15, 0.2) is 0 Å². The van der Waals surface area contributed by atoms with E-state index >= 15 is 0 Å². The summed E-state index contributed by atoms with van der Waals surface area (Å²) in [6.45, 7) is 2.01. The van der Waals surface area contributed by atoms with Gasteiger partial charge < -0.3 is 21.1 Å². The van der Waals surface area contributed by atoms with Gasteiger partial charge in [0, 0.05) is 24.0 Å². The van der Waals surface area contributed by atoms with Gasteiger partial charge in [-0.2, -0.15) is 0 Å². The van der Waals surface area contributed by atoms with Crippen molar-refractivity contribution in [3.8, 4) is 0 Å². The van der Waals surface area contributed by atoms with Crippen LogP contribution in [0, 0.1) is 0 Å². The second kappa shape index (κ2) is 5.93. The Morgan fingerprint density at radius 2 is 2.32 bits per heavy atom. The molecular formula is C14H21N3O2. The quantitative estimate of drug-likeness (QED) is 0.723. The summed E-state index contributed by atoms with van der Waals surface area (Å²) in [7, 11) is 2.15. The van der Waals surface area contributed by atoms with Crippen LogP contribution in [0.2, 0.25) is 0 Å². The number of hydrogen-bond acceptors (Lipinski definition) is 4. The van der Waals surface area contributed by atoms with Gasteiger partial charge in [-0.05, 0) is 44.6 Å². The van der Waals surface area contributed by atoms with Gasteiger partial charge in [-0.25, -0.2) is 4.79 Å². The number of carboxylic acids is 1. The van der Waals surface area contributed by atoms with Gasteiger partial charge in [0.25, 0.3) is 0 Å². The predicted octanol–water partition coefficient (Wildman–Crippen LogP) is 1.86. The van der Waals surface area contributed by atoms with Gasteiger partial charge >= 0.3 is 5.97 Å². The average molecular weight is 263 g/mol. The summed E-state index contributed by atoms with van der Waals surface area (Å²) in [6, 6.07) is 5.54. The number of nitrogen functional groups attached to an aromatic ring is 1. The first-order valence-corrected chi connectivity index (χ1v) is 6.65. The third-order valence-electron chi connectivity index (χ3n) is 3.75. The highest BCUT2D eigenvalue weighted by atomic mass is 16.4. The molecule has 0 spiro atoms. The Kier molecular flexibility index (Phi) is 4.27. The first-order valence-electron chi connectivity index (χ1n) is 6.65. The van der Waals surface area contributed by atoms with E-state index in [-0.39, 0.29) is 5.56 Å². The molecular weight excluding hydrogens is 242 g/mol. The second-order valence-electron chi connectivity index (χ2n) is 5.12. The number of likely N-dealkylation sites (tertiary alicyclic amines) is 1. The number of hydrogen-bond donors (Lipinski definition) is 3. The largest absolute Gasteiger partial charge is 0.478 e. The summed E-state index contributed by atoms with van der Waals surface area (Å²) in [4.78, 5) is 13.2. The highest BCUT2D eigenvalue weighted by molar-refractivity contribution is 5.94. The van der Waals surface area contributed by atoms with Crippen molar-refractivity contribution in [2.24, 2.45) is 0 Å². The van der Waals surface area contributed by atoms with E-state index < -0.39 is 5.97 Å². The molecule has 1 atom stereocenters. The predicted molar refractivity (Wildman–Crippen MR) is 76.6 cm³/mol. The van der Waals surface area contributed by atoms with E-state index in [0.29, 0.717) is 11.7 Å². The third kappa shape index (κ3) is 3.38. The smallest absolute Gasteiger partial charge is 0.337 e. The van der Waals surface area contributed by atoms with Gasteiger partial charge in [-0.15, -0.1) is 0 Å². The molecule has 4 N–H and O–H groups in total. The van der Waals surface area contributed by atoms with E-state index in [1.807, 2.05) is 0 Å². The van der Waals surface area contributed by atoms with Crippen molar-refractivity contribution in [1.29, 1.82) is 0 Å². The molecule has 1 fully saturated rings. The summed E-state index contributed by atoms with van der Waals surface area (Å²) in [5.41, 5.74) is 7.06. The minimum absolute atomic E-state index is 0.153. The van der Waals surface area contributed by atoms with Gasteiger partial charge in [0.1, 0.15) is 0 Å². The Bertz CT molecular complexity index is 462. The third-order valence-corrected chi connectivity index (χ3v) is 3.75. The fraction of sp³-hybridized carbons (Fsp3) is 0.500. The van der Waals surface area contributed by atoms with Gasteiger partial charge in [-0.3, -0.25) is 0 Å². The maximum Gasteiger partial charge on any atom is 0.337 e. The molecule has 1 unspecified atom stereocenters. The van der Waals surface area contributed by atoms with Crippen LogP contribution in [-0.4, -0.2) is 42.2 Å². The molecule has 0 aliphatic carbocycles. The minimum atomic E-state index is -0.990. The maximum absolute atomic E-state index is 10.9. The van der Waals surface area contributed by atoms with Crippen LogP contribution in [0.25, 0.3) is 0 Å². The molecule has 1 aromatic carbocycles. The number of carbonyl (C=O) groups is 1. The van der Waals surface area contributed by atoms with E-state index in [4.69, 9.17) is 10.8 Å². The minimum Gasteiger partial charge on any atom is -0.478 e. The first kappa shape index (κ1) is 13.7. The Morgan fingerprint density at radius 1 is 1.53 bits per heavy atom. The van der Waals surface area contributed by atoms with E-state index in [1.165, 1.54) is 19.3 Å². The van der Waals surface area contributed by atoms with Crippen molar-refractivity contribution in [2.75, 3.05) is 31.2 Å². The standard InChI is InChI=1S/C14H21N3O2/c1-17-7-3-2-4-11(17)9-16-10-5-6-12(14(18)19)13(15)8-10/h5-6,8,11,16H,2-4,7,9,15H2,1H3,(H,18,19). The zero-order valence-corrected chi connectivity index (χ0v) is 11.2. The zero-order chi connectivity index (χ0) is 13.8. The van der Waals surface area contributed by atoms with Crippen molar-refractivity contribution in [3.63, 3.8) is 0 Å². The number of piperidine rings is 1. The number of carboxylic acid groups (broad SMARTS) is 1. The number of aromatic carboxylic acids is 1. The van der Waals surface area contributed by atoms with Crippen LogP contribution in [0.3, 0.4) is 0 Å². The molecule has 0 amide bonds. The molecule has 5 nitrogen and oxygen atoms in total. The molecule has 1 aliphatic heterocycles. The van der Waals surface area contributed by atoms with E-state index in [0.717, 1.165) is 18.8 Å². The highest BCUT2D eigenvalue weighted by Gasteiger charge is 2.18. The van der Waals surface area contributed by atoms with Crippen molar-refractivity contribution in [3.05, 3.63) is 23.8 Å². The summed E-state index contributed by atoms with van der Waals surface area (Å²) in [5.74, 6) is -0.990. The van der Waals surface area contributed by atoms with Crippen LogP contribution >= 0.6 is 0 Å². The molecule has 19 heavy (non-hydrogen) atoms. The Hall–Kier alpha value is -1.75. The van der Waals surface area contributed by atoms with E-state index in [2.05, 4.69) is 17.3 Å². The molecule has 0 radical (unpaired) electrons. The highest BCUT2D eigenvalue weighted by Crippen LogP contribution is 2.20. The Balaban J connectivity index is 1.96. The fourth-order valence-electron chi connectivity index (χ4n) is 2.51. The number of nitrogens with zero attached hydrogens (tertiary/aromatic N) is 1. The van der Waals surface area contributed by atoms with E-state index in [1.54, 1.807) is 18.2 Å². The van der Waals surface area contributed by atoms with Crippen molar-refractivity contribution >= 4 is 17.3 Å². The van der Waals surface area contributed by atoms with Crippen LogP contribution in [0.1, 0.15) is 29.6 Å². The molecule has 2 rings (SSSR count). The topological polar surface area (TPSA) is 78.6 Å². The molecule has 0 bridgehead atoms. The monoisotopic (exact) mass is 263 g/mol. The summed E-state index contributed by atoms with van der Waals surface area (Å²) >= 11 is 0. The summed E-state index contributed by atoms with van der Waals surface area (Å²) < 4.78 is 0. The number of rotatable bonds is 4. The number of nitrogens with one attached hydrogen (secondary N) is 1. The van der Waals surface area contributed by atoms with Gasteiger partial charge in [0.05, 0.1) is 5.56 Å². The number of benzene rings is 1. The Labute approximate surface area is 113 Å². The van der Waals surface area contributed by atoms with Crippen molar-refractivity contribution in [1.82, 2.24) is 4.90 Å². The Morgan fingerprint density at radius 3 is 2.95 bits per heavy atom. The zero-order valence-electron chi connectivity index (χ0n) is 11.2. The van der Waals surface area contributed by atoms with Crippen LogP contribution in [0.5, 0.6) is 0 Å². The average Bonchev–Trinajstić information content (AvgIpc) is 2.37. The molecule has 1 saturated heterocycles. The second-order valence-corrected chi connectivity index (χ2v) is 5.12. The summed E-state index contributed by atoms with van der Waals surface area (Å²) in [5, 5.41) is 12.3. The van der Waals surface area contributed by atoms with Crippen LogP contribution in [0.4, 0.5) is 11.4 Å². The molecule has 104 valence electrons. The number of anilines is 2. The number of likely N-dealkylation sites (N-methyl/N-ethyl adjacent to an activating group) is 1. The lowest BCUT2D eigenvalue weighted by Crippen LogP contribution is -2.40. The molecule has 1 aliphatic rings.